The lowest BCUT2D eigenvalue weighted by Gasteiger charge is -2.32. The van der Waals surface area contributed by atoms with Crippen molar-refractivity contribution in [2.75, 3.05) is 25.2 Å². The molecular formula is C16H24ClNO2. The van der Waals surface area contributed by atoms with Crippen molar-refractivity contribution < 1.29 is 9.84 Å². The molecule has 0 radical (unpaired) electrons. The van der Waals surface area contributed by atoms with E-state index in [9.17, 15) is 5.11 Å². The Kier molecular flexibility index (Phi) is 5.30. The first-order chi connectivity index (χ1) is 9.54. The van der Waals surface area contributed by atoms with E-state index in [0.29, 0.717) is 17.7 Å². The summed E-state index contributed by atoms with van der Waals surface area (Å²) in [5.41, 5.74) is 1.89. The predicted molar refractivity (Wildman–Crippen MR) is 83.5 cm³/mol. The first kappa shape index (κ1) is 15.6. The van der Waals surface area contributed by atoms with Gasteiger partial charge in [-0.1, -0.05) is 17.7 Å². The SMILES string of the molecule is COCCN(c1ccc([C@@H](C)O)cc1Cl)C(C)C1CC1. The van der Waals surface area contributed by atoms with Crippen molar-refractivity contribution in [2.24, 2.45) is 5.92 Å². The van der Waals surface area contributed by atoms with Crippen LogP contribution >= 0.6 is 11.6 Å². The quantitative estimate of drug-likeness (QED) is 0.834. The van der Waals surface area contributed by atoms with Gasteiger partial charge in [0.15, 0.2) is 0 Å². The summed E-state index contributed by atoms with van der Waals surface area (Å²) in [5, 5.41) is 10.3. The molecule has 0 aromatic heterocycles. The zero-order valence-corrected chi connectivity index (χ0v) is 13.2. The van der Waals surface area contributed by atoms with E-state index in [2.05, 4.69) is 11.8 Å². The van der Waals surface area contributed by atoms with E-state index >= 15 is 0 Å². The first-order valence-corrected chi connectivity index (χ1v) is 7.65. The number of hydrogen-bond acceptors (Lipinski definition) is 3. The molecule has 1 aliphatic rings. The number of hydrogen-bond donors (Lipinski definition) is 1. The van der Waals surface area contributed by atoms with E-state index in [-0.39, 0.29) is 0 Å². The van der Waals surface area contributed by atoms with E-state index in [1.54, 1.807) is 14.0 Å². The highest BCUT2D eigenvalue weighted by Gasteiger charge is 2.32. The number of methoxy groups -OCH3 is 1. The molecule has 1 saturated carbocycles. The Labute approximate surface area is 126 Å². The summed E-state index contributed by atoms with van der Waals surface area (Å²) in [6, 6.07) is 6.30. The van der Waals surface area contributed by atoms with Crippen LogP contribution in [0.4, 0.5) is 5.69 Å². The Morgan fingerprint density at radius 1 is 1.40 bits per heavy atom. The molecule has 1 aliphatic carbocycles. The number of aliphatic hydroxyl groups is 1. The number of anilines is 1. The normalized spacial score (nSPS) is 17.9. The van der Waals surface area contributed by atoms with Gasteiger partial charge in [-0.25, -0.2) is 0 Å². The summed E-state index contributed by atoms with van der Waals surface area (Å²) < 4.78 is 5.22. The van der Waals surface area contributed by atoms with Crippen LogP contribution < -0.4 is 4.90 Å². The van der Waals surface area contributed by atoms with Gasteiger partial charge in [0.1, 0.15) is 0 Å². The van der Waals surface area contributed by atoms with Crippen LogP contribution in [-0.2, 0) is 4.74 Å². The molecule has 1 aromatic rings. The zero-order chi connectivity index (χ0) is 14.7. The molecule has 1 aromatic carbocycles. The third kappa shape index (κ3) is 3.66. The molecule has 2 atom stereocenters. The molecule has 1 unspecified atom stereocenters. The number of aliphatic hydroxyl groups excluding tert-OH is 1. The molecule has 4 heteroatoms. The fourth-order valence-electron chi connectivity index (χ4n) is 2.58. The Bertz CT molecular complexity index is 446. The van der Waals surface area contributed by atoms with Crippen LogP contribution in [0.2, 0.25) is 5.02 Å². The average Bonchev–Trinajstić information content (AvgIpc) is 3.24. The maximum absolute atomic E-state index is 9.63. The highest BCUT2D eigenvalue weighted by Crippen LogP contribution is 2.39. The smallest absolute Gasteiger partial charge is 0.0762 e. The topological polar surface area (TPSA) is 32.7 Å². The lowest BCUT2D eigenvalue weighted by molar-refractivity contribution is 0.199. The number of ether oxygens (including phenoxy) is 1. The van der Waals surface area contributed by atoms with Crippen molar-refractivity contribution in [1.82, 2.24) is 0 Å². The van der Waals surface area contributed by atoms with Gasteiger partial charge in [0.25, 0.3) is 0 Å². The second-order valence-electron chi connectivity index (χ2n) is 5.65. The van der Waals surface area contributed by atoms with Gasteiger partial charge >= 0.3 is 0 Å². The van der Waals surface area contributed by atoms with Crippen molar-refractivity contribution in [3.05, 3.63) is 28.8 Å². The molecule has 20 heavy (non-hydrogen) atoms. The molecule has 112 valence electrons. The van der Waals surface area contributed by atoms with Crippen LogP contribution in [0.15, 0.2) is 18.2 Å². The van der Waals surface area contributed by atoms with Gasteiger partial charge in [-0.05, 0) is 50.3 Å². The monoisotopic (exact) mass is 297 g/mol. The van der Waals surface area contributed by atoms with Crippen LogP contribution in [0.5, 0.6) is 0 Å². The van der Waals surface area contributed by atoms with Crippen molar-refractivity contribution in [3.8, 4) is 0 Å². The average molecular weight is 298 g/mol. The summed E-state index contributed by atoms with van der Waals surface area (Å²) in [4.78, 5) is 2.33. The van der Waals surface area contributed by atoms with Gasteiger partial charge in [-0.15, -0.1) is 0 Å². The van der Waals surface area contributed by atoms with Crippen LogP contribution in [0.3, 0.4) is 0 Å². The molecule has 0 heterocycles. The molecular weight excluding hydrogens is 274 g/mol. The van der Waals surface area contributed by atoms with Crippen LogP contribution in [-0.4, -0.2) is 31.4 Å². The van der Waals surface area contributed by atoms with Crippen molar-refractivity contribution in [2.45, 2.75) is 38.8 Å². The molecule has 1 N–H and O–H groups in total. The molecule has 0 amide bonds. The number of halogens is 1. The van der Waals surface area contributed by atoms with Crippen LogP contribution in [0.25, 0.3) is 0 Å². The van der Waals surface area contributed by atoms with Gasteiger partial charge in [-0.2, -0.15) is 0 Å². The summed E-state index contributed by atoms with van der Waals surface area (Å²) in [6.07, 6.45) is 2.11. The lowest BCUT2D eigenvalue weighted by Crippen LogP contribution is -2.37. The third-order valence-electron chi connectivity index (χ3n) is 4.10. The highest BCUT2D eigenvalue weighted by molar-refractivity contribution is 6.33. The minimum Gasteiger partial charge on any atom is -0.389 e. The third-order valence-corrected chi connectivity index (χ3v) is 4.40. The Balaban J connectivity index is 2.22. The van der Waals surface area contributed by atoms with Gasteiger partial charge in [0, 0.05) is 19.7 Å². The van der Waals surface area contributed by atoms with E-state index in [1.165, 1.54) is 12.8 Å². The maximum Gasteiger partial charge on any atom is 0.0762 e. The summed E-state index contributed by atoms with van der Waals surface area (Å²) in [7, 11) is 1.72. The highest BCUT2D eigenvalue weighted by atomic mass is 35.5. The Hall–Kier alpha value is -0.770. The number of rotatable bonds is 7. The molecule has 2 rings (SSSR count). The number of benzene rings is 1. The lowest BCUT2D eigenvalue weighted by atomic mass is 10.1. The minimum absolute atomic E-state index is 0.472. The molecule has 0 aliphatic heterocycles. The van der Waals surface area contributed by atoms with E-state index in [4.69, 9.17) is 16.3 Å². The summed E-state index contributed by atoms with van der Waals surface area (Å²) >= 11 is 6.42. The Morgan fingerprint density at radius 3 is 2.60 bits per heavy atom. The van der Waals surface area contributed by atoms with E-state index in [0.717, 1.165) is 23.7 Å². The van der Waals surface area contributed by atoms with Crippen molar-refractivity contribution in [1.29, 1.82) is 0 Å². The summed E-state index contributed by atoms with van der Waals surface area (Å²) in [5.74, 6) is 0.763. The van der Waals surface area contributed by atoms with Gasteiger partial charge in [0.2, 0.25) is 0 Å². The molecule has 0 saturated heterocycles. The first-order valence-electron chi connectivity index (χ1n) is 7.27. The minimum atomic E-state index is -0.491. The standard InChI is InChI=1S/C16H24ClNO2/c1-11(13-4-5-13)18(8-9-20-3)16-7-6-14(12(2)19)10-15(16)17/h6-7,10-13,19H,4-5,8-9H2,1-3H3/t11?,12-/m1/s1. The maximum atomic E-state index is 9.63. The van der Waals surface area contributed by atoms with Gasteiger partial charge < -0.3 is 14.7 Å². The fourth-order valence-corrected chi connectivity index (χ4v) is 2.88. The van der Waals surface area contributed by atoms with Gasteiger partial charge in [0.05, 0.1) is 23.4 Å². The number of nitrogens with zero attached hydrogens (tertiary/aromatic N) is 1. The summed E-state index contributed by atoms with van der Waals surface area (Å²) in [6.45, 7) is 5.53. The zero-order valence-electron chi connectivity index (χ0n) is 12.5. The van der Waals surface area contributed by atoms with E-state index in [1.807, 2.05) is 18.2 Å². The Morgan fingerprint density at radius 2 is 2.10 bits per heavy atom. The molecule has 3 nitrogen and oxygen atoms in total. The second kappa shape index (κ2) is 6.79. The van der Waals surface area contributed by atoms with Gasteiger partial charge in [-0.3, -0.25) is 0 Å². The fraction of sp³-hybridized carbons (Fsp3) is 0.625. The van der Waals surface area contributed by atoms with Crippen molar-refractivity contribution in [3.63, 3.8) is 0 Å². The largest absolute Gasteiger partial charge is 0.389 e. The van der Waals surface area contributed by atoms with Crippen LogP contribution in [0.1, 0.15) is 38.4 Å². The van der Waals surface area contributed by atoms with Crippen LogP contribution in [0, 0.1) is 5.92 Å². The predicted octanol–water partition coefficient (Wildman–Crippen LogP) is 3.64. The molecule has 1 fully saturated rings. The second-order valence-corrected chi connectivity index (χ2v) is 6.06. The molecule has 0 bridgehead atoms. The van der Waals surface area contributed by atoms with E-state index < -0.39 is 6.10 Å². The van der Waals surface area contributed by atoms with Crippen molar-refractivity contribution >= 4 is 17.3 Å². The molecule has 0 spiro atoms.